The molecular weight excluding hydrogens is 246 g/mol. The van der Waals surface area contributed by atoms with E-state index < -0.39 is 0 Å². The van der Waals surface area contributed by atoms with E-state index in [2.05, 4.69) is 65.6 Å². The third kappa shape index (κ3) is 2.20. The van der Waals surface area contributed by atoms with Crippen LogP contribution in [0, 0.1) is 0 Å². The lowest BCUT2D eigenvalue weighted by molar-refractivity contribution is 0.238. The first kappa shape index (κ1) is 13.2. The second-order valence-electron chi connectivity index (χ2n) is 5.46. The highest BCUT2D eigenvalue weighted by atomic mass is 16.3. The molecule has 2 aromatic carbocycles. The highest BCUT2D eigenvalue weighted by Gasteiger charge is 2.41. The molecule has 104 valence electrons. The van der Waals surface area contributed by atoms with Gasteiger partial charge in [-0.15, -0.1) is 0 Å². The van der Waals surface area contributed by atoms with Crippen LogP contribution in [-0.2, 0) is 5.54 Å². The highest BCUT2D eigenvalue weighted by molar-refractivity contribution is 5.52. The van der Waals surface area contributed by atoms with Crippen molar-refractivity contribution >= 4 is 5.69 Å². The summed E-state index contributed by atoms with van der Waals surface area (Å²) in [7, 11) is 0. The summed E-state index contributed by atoms with van der Waals surface area (Å²) in [5.74, 6) is 0. The Morgan fingerprint density at radius 2 is 1.60 bits per heavy atom. The summed E-state index contributed by atoms with van der Waals surface area (Å²) in [5.41, 5.74) is 2.51. The van der Waals surface area contributed by atoms with Crippen LogP contribution in [0.5, 0.6) is 0 Å². The van der Waals surface area contributed by atoms with Gasteiger partial charge in [0.15, 0.2) is 0 Å². The fourth-order valence-corrected chi connectivity index (χ4v) is 3.50. The molecule has 1 heterocycles. The van der Waals surface area contributed by atoms with E-state index in [1.807, 2.05) is 0 Å². The van der Waals surface area contributed by atoms with Crippen molar-refractivity contribution < 1.29 is 5.11 Å². The standard InChI is InChI=1S/C18H21NO/c20-15-13-18(16-8-3-1-4-9-16)12-7-14-19(18)17-10-5-2-6-11-17/h1-6,8-11,20H,7,12-15H2/t18-/m0/s1. The average molecular weight is 267 g/mol. The third-order valence-corrected chi connectivity index (χ3v) is 4.39. The Morgan fingerprint density at radius 1 is 0.950 bits per heavy atom. The Kier molecular flexibility index (Phi) is 3.75. The van der Waals surface area contributed by atoms with Crippen molar-refractivity contribution in [3.8, 4) is 0 Å². The van der Waals surface area contributed by atoms with Gasteiger partial charge >= 0.3 is 0 Å². The minimum absolute atomic E-state index is 0.0582. The lowest BCUT2D eigenvalue weighted by Crippen LogP contribution is -2.42. The zero-order chi connectivity index (χ0) is 13.8. The Labute approximate surface area is 120 Å². The molecule has 3 rings (SSSR count). The van der Waals surface area contributed by atoms with Crippen LogP contribution < -0.4 is 4.90 Å². The van der Waals surface area contributed by atoms with Gasteiger partial charge in [0.05, 0.1) is 5.54 Å². The van der Waals surface area contributed by atoms with Gasteiger partial charge in [0, 0.05) is 18.8 Å². The first-order valence-corrected chi connectivity index (χ1v) is 7.36. The summed E-state index contributed by atoms with van der Waals surface area (Å²) in [4.78, 5) is 2.47. The summed E-state index contributed by atoms with van der Waals surface area (Å²) >= 11 is 0. The number of benzene rings is 2. The molecule has 1 aliphatic rings. The minimum Gasteiger partial charge on any atom is -0.396 e. The maximum Gasteiger partial charge on any atom is 0.0676 e. The molecule has 0 aliphatic carbocycles. The van der Waals surface area contributed by atoms with E-state index in [-0.39, 0.29) is 12.1 Å². The van der Waals surface area contributed by atoms with Crippen molar-refractivity contribution in [1.29, 1.82) is 0 Å². The molecule has 2 aromatic rings. The summed E-state index contributed by atoms with van der Waals surface area (Å²) in [6.45, 7) is 1.27. The van der Waals surface area contributed by atoms with Crippen molar-refractivity contribution in [3.63, 3.8) is 0 Å². The van der Waals surface area contributed by atoms with Gasteiger partial charge in [-0.2, -0.15) is 0 Å². The summed E-state index contributed by atoms with van der Waals surface area (Å²) < 4.78 is 0. The van der Waals surface area contributed by atoms with E-state index in [1.54, 1.807) is 0 Å². The molecule has 1 N–H and O–H groups in total. The second kappa shape index (κ2) is 5.68. The first-order chi connectivity index (χ1) is 9.87. The maximum absolute atomic E-state index is 9.59. The van der Waals surface area contributed by atoms with Gasteiger partial charge in [-0.05, 0) is 37.0 Å². The predicted octanol–water partition coefficient (Wildman–Crippen LogP) is 3.56. The number of anilines is 1. The molecule has 1 atom stereocenters. The minimum atomic E-state index is -0.0582. The van der Waals surface area contributed by atoms with Crippen molar-refractivity contribution in [2.24, 2.45) is 0 Å². The Bertz CT molecular complexity index is 540. The fourth-order valence-electron chi connectivity index (χ4n) is 3.50. The lowest BCUT2D eigenvalue weighted by Gasteiger charge is -2.40. The SMILES string of the molecule is OCC[C@]1(c2ccccc2)CCCN1c1ccccc1. The first-order valence-electron chi connectivity index (χ1n) is 7.36. The number of para-hydroxylation sites is 1. The van der Waals surface area contributed by atoms with E-state index in [0.29, 0.717) is 0 Å². The molecule has 0 spiro atoms. The zero-order valence-electron chi connectivity index (χ0n) is 11.7. The molecule has 2 nitrogen and oxygen atoms in total. The van der Waals surface area contributed by atoms with Crippen LogP contribution in [0.1, 0.15) is 24.8 Å². The van der Waals surface area contributed by atoms with E-state index in [1.165, 1.54) is 17.7 Å². The number of nitrogens with zero attached hydrogens (tertiary/aromatic N) is 1. The average Bonchev–Trinajstić information content (AvgIpc) is 2.94. The third-order valence-electron chi connectivity index (χ3n) is 4.39. The largest absolute Gasteiger partial charge is 0.396 e. The lowest BCUT2D eigenvalue weighted by atomic mass is 9.84. The van der Waals surface area contributed by atoms with Crippen molar-refractivity contribution in [2.75, 3.05) is 18.1 Å². The van der Waals surface area contributed by atoms with Gasteiger partial charge in [-0.25, -0.2) is 0 Å². The number of hydrogen-bond acceptors (Lipinski definition) is 2. The van der Waals surface area contributed by atoms with Crippen LogP contribution in [0.4, 0.5) is 5.69 Å². The predicted molar refractivity (Wildman–Crippen MR) is 82.8 cm³/mol. The van der Waals surface area contributed by atoms with Crippen LogP contribution in [-0.4, -0.2) is 18.3 Å². The second-order valence-corrected chi connectivity index (χ2v) is 5.46. The van der Waals surface area contributed by atoms with Gasteiger partial charge < -0.3 is 10.0 Å². The molecule has 0 aromatic heterocycles. The molecule has 0 saturated carbocycles. The van der Waals surface area contributed by atoms with Gasteiger partial charge in [-0.1, -0.05) is 48.5 Å². The molecule has 1 aliphatic heterocycles. The van der Waals surface area contributed by atoms with Crippen molar-refractivity contribution in [1.82, 2.24) is 0 Å². The zero-order valence-corrected chi connectivity index (χ0v) is 11.7. The number of aliphatic hydroxyl groups excluding tert-OH is 1. The summed E-state index contributed by atoms with van der Waals surface area (Å²) in [5, 5.41) is 9.59. The molecule has 2 heteroatoms. The van der Waals surface area contributed by atoms with Gasteiger partial charge in [0.25, 0.3) is 0 Å². The number of hydrogen-bond donors (Lipinski definition) is 1. The van der Waals surface area contributed by atoms with Crippen molar-refractivity contribution in [2.45, 2.75) is 24.8 Å². The molecule has 0 bridgehead atoms. The van der Waals surface area contributed by atoms with E-state index in [0.717, 1.165) is 19.4 Å². The molecular formula is C18H21NO. The maximum atomic E-state index is 9.59. The van der Waals surface area contributed by atoms with Crippen LogP contribution >= 0.6 is 0 Å². The van der Waals surface area contributed by atoms with Gasteiger partial charge in [-0.3, -0.25) is 0 Å². The fraction of sp³-hybridized carbons (Fsp3) is 0.333. The molecule has 0 unspecified atom stereocenters. The monoisotopic (exact) mass is 267 g/mol. The molecule has 0 radical (unpaired) electrons. The van der Waals surface area contributed by atoms with Gasteiger partial charge in [0.2, 0.25) is 0 Å². The number of rotatable bonds is 4. The van der Waals surface area contributed by atoms with E-state index >= 15 is 0 Å². The Morgan fingerprint density at radius 3 is 2.25 bits per heavy atom. The molecule has 20 heavy (non-hydrogen) atoms. The smallest absolute Gasteiger partial charge is 0.0676 e. The van der Waals surface area contributed by atoms with Crippen LogP contribution in [0.2, 0.25) is 0 Å². The van der Waals surface area contributed by atoms with Gasteiger partial charge in [0.1, 0.15) is 0 Å². The van der Waals surface area contributed by atoms with E-state index in [4.69, 9.17) is 0 Å². The quantitative estimate of drug-likeness (QED) is 0.915. The van der Waals surface area contributed by atoms with E-state index in [9.17, 15) is 5.11 Å². The molecule has 1 fully saturated rings. The summed E-state index contributed by atoms with van der Waals surface area (Å²) in [6.07, 6.45) is 3.06. The Hall–Kier alpha value is -1.80. The Balaban J connectivity index is 2.05. The van der Waals surface area contributed by atoms with Crippen LogP contribution in [0.15, 0.2) is 60.7 Å². The number of aliphatic hydroxyl groups is 1. The van der Waals surface area contributed by atoms with Crippen LogP contribution in [0.3, 0.4) is 0 Å². The topological polar surface area (TPSA) is 23.5 Å². The summed E-state index contributed by atoms with van der Waals surface area (Å²) in [6, 6.07) is 21.2. The molecule has 0 amide bonds. The van der Waals surface area contributed by atoms with Crippen LogP contribution in [0.25, 0.3) is 0 Å². The molecule has 1 saturated heterocycles. The van der Waals surface area contributed by atoms with Crippen molar-refractivity contribution in [3.05, 3.63) is 66.2 Å². The highest BCUT2D eigenvalue weighted by Crippen LogP contribution is 2.44. The normalized spacial score (nSPS) is 22.1.